The summed E-state index contributed by atoms with van der Waals surface area (Å²) in [5.41, 5.74) is 1.67. The Morgan fingerprint density at radius 3 is 2.55 bits per heavy atom. The van der Waals surface area contributed by atoms with Crippen molar-refractivity contribution in [3.8, 4) is 11.6 Å². The Labute approximate surface area is 180 Å². The van der Waals surface area contributed by atoms with Crippen LogP contribution in [0, 0.1) is 0 Å². The van der Waals surface area contributed by atoms with Gasteiger partial charge >= 0.3 is 6.09 Å². The highest BCUT2D eigenvalue weighted by molar-refractivity contribution is 5.88. The maximum absolute atomic E-state index is 13.1. The molecule has 3 heterocycles. The van der Waals surface area contributed by atoms with Gasteiger partial charge in [0.25, 0.3) is 5.89 Å². The van der Waals surface area contributed by atoms with Crippen molar-refractivity contribution < 1.29 is 18.7 Å². The lowest BCUT2D eigenvalue weighted by Crippen LogP contribution is -2.51. The van der Waals surface area contributed by atoms with E-state index in [1.54, 1.807) is 16.7 Å². The van der Waals surface area contributed by atoms with Crippen molar-refractivity contribution in [2.45, 2.75) is 33.2 Å². The third-order valence-electron chi connectivity index (χ3n) is 5.41. The number of aromatic nitrogens is 3. The summed E-state index contributed by atoms with van der Waals surface area (Å²) in [6.45, 7) is 6.24. The highest BCUT2D eigenvalue weighted by Gasteiger charge is 2.26. The van der Waals surface area contributed by atoms with E-state index in [9.17, 15) is 9.59 Å². The average Bonchev–Trinajstić information content (AvgIpc) is 3.39. The summed E-state index contributed by atoms with van der Waals surface area (Å²) in [6, 6.07) is 9.87. The van der Waals surface area contributed by atoms with E-state index in [-0.39, 0.29) is 18.5 Å². The number of ether oxygens (including phenoxy) is 1. The molecule has 1 aliphatic heterocycles. The molecule has 1 aliphatic rings. The van der Waals surface area contributed by atoms with Crippen molar-refractivity contribution >= 4 is 22.9 Å². The molecule has 0 radical (unpaired) electrons. The summed E-state index contributed by atoms with van der Waals surface area (Å²) >= 11 is 0. The van der Waals surface area contributed by atoms with Crippen molar-refractivity contribution in [3.63, 3.8) is 0 Å². The molecule has 0 atom stereocenters. The maximum Gasteiger partial charge on any atom is 0.409 e. The van der Waals surface area contributed by atoms with E-state index in [0.29, 0.717) is 44.6 Å². The van der Waals surface area contributed by atoms with Gasteiger partial charge in [-0.25, -0.2) is 4.79 Å². The first-order valence-electron chi connectivity index (χ1n) is 10.7. The fraction of sp³-hybridized carbons (Fsp3) is 0.455. The van der Waals surface area contributed by atoms with Crippen LogP contribution in [0.5, 0.6) is 0 Å². The molecule has 164 valence electrons. The molecule has 3 aromatic rings. The minimum absolute atomic E-state index is 0.0144. The van der Waals surface area contributed by atoms with E-state index in [1.807, 2.05) is 34.9 Å². The smallest absolute Gasteiger partial charge is 0.409 e. The molecule has 0 N–H and O–H groups in total. The number of amides is 2. The van der Waals surface area contributed by atoms with Gasteiger partial charge in [0.15, 0.2) is 0 Å². The Hall–Kier alpha value is -3.36. The van der Waals surface area contributed by atoms with Crippen LogP contribution in [0.25, 0.3) is 22.5 Å². The third-order valence-corrected chi connectivity index (χ3v) is 5.41. The van der Waals surface area contributed by atoms with E-state index in [2.05, 4.69) is 17.1 Å². The molecule has 2 amide bonds. The maximum atomic E-state index is 13.1. The Balaban J connectivity index is 1.54. The molecule has 1 aromatic carbocycles. The molecule has 31 heavy (non-hydrogen) atoms. The Kier molecular flexibility index (Phi) is 6.20. The van der Waals surface area contributed by atoms with Crippen molar-refractivity contribution in [3.05, 3.63) is 36.2 Å². The highest BCUT2D eigenvalue weighted by Crippen LogP contribution is 2.28. The number of hydrogen-bond acceptors (Lipinski definition) is 6. The van der Waals surface area contributed by atoms with Gasteiger partial charge in [0.2, 0.25) is 11.8 Å². The van der Waals surface area contributed by atoms with Gasteiger partial charge in [0.05, 0.1) is 6.61 Å². The summed E-state index contributed by atoms with van der Waals surface area (Å²) in [5.74, 6) is 0.995. The van der Waals surface area contributed by atoms with Gasteiger partial charge in [-0.1, -0.05) is 25.1 Å². The zero-order valence-corrected chi connectivity index (χ0v) is 17.9. The third kappa shape index (κ3) is 4.40. The topological polar surface area (TPSA) is 93.7 Å². The highest BCUT2D eigenvalue weighted by atomic mass is 16.6. The molecule has 4 rings (SSSR count). The van der Waals surface area contributed by atoms with Crippen LogP contribution in [-0.4, -0.2) is 69.4 Å². The lowest BCUT2D eigenvalue weighted by molar-refractivity contribution is -0.133. The summed E-state index contributed by atoms with van der Waals surface area (Å²) in [6.07, 6.45) is 1.31. The van der Waals surface area contributed by atoms with Crippen molar-refractivity contribution in [1.29, 1.82) is 0 Å². The van der Waals surface area contributed by atoms with Crippen molar-refractivity contribution in [2.75, 3.05) is 32.8 Å². The van der Waals surface area contributed by atoms with Crippen LogP contribution in [-0.2, 0) is 22.5 Å². The van der Waals surface area contributed by atoms with Gasteiger partial charge in [-0.15, -0.1) is 10.2 Å². The molecule has 0 saturated carbocycles. The number of benzene rings is 1. The largest absolute Gasteiger partial charge is 0.450 e. The molecular weight excluding hydrogens is 398 g/mol. The molecule has 0 unspecified atom stereocenters. The van der Waals surface area contributed by atoms with Crippen molar-refractivity contribution in [2.24, 2.45) is 0 Å². The Morgan fingerprint density at radius 2 is 1.81 bits per heavy atom. The van der Waals surface area contributed by atoms with Crippen LogP contribution in [0.4, 0.5) is 4.79 Å². The monoisotopic (exact) mass is 425 g/mol. The first-order chi connectivity index (χ1) is 15.1. The number of para-hydroxylation sites is 1. The normalized spacial score (nSPS) is 14.3. The summed E-state index contributed by atoms with van der Waals surface area (Å²) < 4.78 is 12.8. The number of aryl methyl sites for hydroxylation is 1. The molecule has 9 nitrogen and oxygen atoms in total. The second-order valence-corrected chi connectivity index (χ2v) is 7.49. The second-order valence-electron chi connectivity index (χ2n) is 7.49. The molecule has 0 aliphatic carbocycles. The number of piperazine rings is 1. The van der Waals surface area contributed by atoms with Gasteiger partial charge in [0.1, 0.15) is 12.2 Å². The molecule has 1 fully saturated rings. The standard InChI is InChI=1S/C22H27N5O4/c1-3-7-19-23-24-21(31-19)18-14-16-8-5-6-9-17(16)27(18)15-20(28)25-10-12-26(13-11-25)22(29)30-4-2/h5-6,8-9,14H,3-4,7,10-13,15H2,1-2H3. The summed E-state index contributed by atoms with van der Waals surface area (Å²) in [7, 11) is 0. The van der Waals surface area contributed by atoms with Gasteiger partial charge in [-0.3, -0.25) is 4.79 Å². The summed E-state index contributed by atoms with van der Waals surface area (Å²) in [5, 5.41) is 9.34. The Morgan fingerprint density at radius 1 is 1.06 bits per heavy atom. The number of hydrogen-bond donors (Lipinski definition) is 0. The first-order valence-corrected chi connectivity index (χ1v) is 10.7. The van der Waals surface area contributed by atoms with Crippen LogP contribution < -0.4 is 0 Å². The van der Waals surface area contributed by atoms with E-state index < -0.39 is 0 Å². The Bertz CT molecular complexity index is 1060. The van der Waals surface area contributed by atoms with Crippen LogP contribution in [0.3, 0.4) is 0 Å². The second kappa shape index (κ2) is 9.20. The minimum Gasteiger partial charge on any atom is -0.450 e. The van der Waals surface area contributed by atoms with Crippen LogP contribution in [0.15, 0.2) is 34.7 Å². The van der Waals surface area contributed by atoms with E-state index in [0.717, 1.165) is 29.4 Å². The fourth-order valence-electron chi connectivity index (χ4n) is 3.82. The molecule has 1 saturated heterocycles. The fourth-order valence-corrected chi connectivity index (χ4v) is 3.82. The van der Waals surface area contributed by atoms with Gasteiger partial charge < -0.3 is 23.5 Å². The lowest BCUT2D eigenvalue weighted by Gasteiger charge is -2.34. The minimum atomic E-state index is -0.326. The predicted molar refractivity (Wildman–Crippen MR) is 114 cm³/mol. The number of rotatable bonds is 6. The molecular formula is C22H27N5O4. The zero-order chi connectivity index (χ0) is 21.8. The quantitative estimate of drug-likeness (QED) is 0.603. The average molecular weight is 425 g/mol. The number of nitrogens with zero attached hydrogens (tertiary/aromatic N) is 5. The van der Waals surface area contributed by atoms with Gasteiger partial charge in [0, 0.05) is 43.5 Å². The number of fused-ring (bicyclic) bond motifs is 1. The van der Waals surface area contributed by atoms with E-state index in [1.165, 1.54) is 0 Å². The SMILES string of the molecule is CCCc1nnc(-c2cc3ccccc3n2CC(=O)N2CCN(C(=O)OCC)CC2)o1. The molecule has 9 heteroatoms. The molecule has 0 bridgehead atoms. The summed E-state index contributed by atoms with van der Waals surface area (Å²) in [4.78, 5) is 28.4. The van der Waals surface area contributed by atoms with Crippen LogP contribution >= 0.6 is 0 Å². The number of carbonyl (C=O) groups is 2. The van der Waals surface area contributed by atoms with E-state index >= 15 is 0 Å². The molecule has 0 spiro atoms. The van der Waals surface area contributed by atoms with Crippen LogP contribution in [0.2, 0.25) is 0 Å². The predicted octanol–water partition coefficient (Wildman–Crippen LogP) is 2.94. The molecule has 2 aromatic heterocycles. The first kappa shape index (κ1) is 20.9. The van der Waals surface area contributed by atoms with Gasteiger partial charge in [-0.2, -0.15) is 0 Å². The van der Waals surface area contributed by atoms with Gasteiger partial charge in [-0.05, 0) is 25.5 Å². The van der Waals surface area contributed by atoms with Crippen LogP contribution in [0.1, 0.15) is 26.2 Å². The number of carbonyl (C=O) groups excluding carboxylic acids is 2. The van der Waals surface area contributed by atoms with E-state index in [4.69, 9.17) is 9.15 Å². The zero-order valence-electron chi connectivity index (χ0n) is 17.9. The van der Waals surface area contributed by atoms with Crippen molar-refractivity contribution in [1.82, 2.24) is 24.6 Å². The lowest BCUT2D eigenvalue weighted by atomic mass is 10.2.